The van der Waals surface area contributed by atoms with Gasteiger partial charge in [0.05, 0.1) is 6.10 Å². The molecule has 0 saturated heterocycles. The predicted molar refractivity (Wildman–Crippen MR) is 124 cm³/mol. The van der Waals surface area contributed by atoms with E-state index in [0.29, 0.717) is 30.4 Å². The van der Waals surface area contributed by atoms with E-state index in [1.165, 1.54) is 20.8 Å². The molecule has 2 aliphatic carbocycles. The van der Waals surface area contributed by atoms with E-state index in [-0.39, 0.29) is 18.3 Å². The van der Waals surface area contributed by atoms with Crippen LogP contribution in [0.4, 0.5) is 0 Å². The van der Waals surface area contributed by atoms with Crippen LogP contribution in [0.15, 0.2) is 23.8 Å². The molecule has 2 saturated carbocycles. The van der Waals surface area contributed by atoms with E-state index in [2.05, 4.69) is 6.58 Å². The van der Waals surface area contributed by atoms with E-state index in [9.17, 15) is 24.3 Å². The maximum absolute atomic E-state index is 13.6. The molecule has 6 atom stereocenters. The average molecular weight is 479 g/mol. The van der Waals surface area contributed by atoms with Crippen LogP contribution in [0.2, 0.25) is 0 Å². The van der Waals surface area contributed by atoms with Crippen LogP contribution in [0.3, 0.4) is 0 Å². The number of fused-ring (bicyclic) bond motifs is 1. The van der Waals surface area contributed by atoms with Gasteiger partial charge in [0.15, 0.2) is 11.9 Å². The Morgan fingerprint density at radius 3 is 2.26 bits per heavy atom. The molecular formula is C26H38O8. The van der Waals surface area contributed by atoms with E-state index in [1.807, 2.05) is 20.8 Å². The van der Waals surface area contributed by atoms with E-state index in [4.69, 9.17) is 14.2 Å². The molecule has 0 bridgehead atoms. The zero-order chi connectivity index (χ0) is 26.0. The molecule has 0 spiro atoms. The Labute approximate surface area is 201 Å². The molecule has 2 aliphatic rings. The van der Waals surface area contributed by atoms with E-state index in [1.54, 1.807) is 13.0 Å². The van der Waals surface area contributed by atoms with Gasteiger partial charge in [-0.15, -0.1) is 0 Å². The largest absolute Gasteiger partial charge is 0.462 e. The lowest BCUT2D eigenvalue weighted by molar-refractivity contribution is -0.178. The number of rotatable bonds is 7. The van der Waals surface area contributed by atoms with Gasteiger partial charge in [0.25, 0.3) is 0 Å². The molecule has 2 rings (SSSR count). The monoisotopic (exact) mass is 478 g/mol. The fourth-order valence-electron chi connectivity index (χ4n) is 5.90. The van der Waals surface area contributed by atoms with Gasteiger partial charge in [0, 0.05) is 32.1 Å². The highest BCUT2D eigenvalue weighted by Gasteiger charge is 2.63. The molecule has 1 N–H and O–H groups in total. The molecule has 0 aromatic heterocycles. The zero-order valence-electron chi connectivity index (χ0n) is 21.3. The van der Waals surface area contributed by atoms with Crippen molar-refractivity contribution in [2.45, 2.75) is 86.0 Å². The molecule has 0 aromatic rings. The molecule has 0 amide bonds. The van der Waals surface area contributed by atoms with Crippen LogP contribution < -0.4 is 0 Å². The summed E-state index contributed by atoms with van der Waals surface area (Å²) in [5.41, 5.74) is -0.183. The van der Waals surface area contributed by atoms with Crippen LogP contribution in [0.5, 0.6) is 0 Å². The van der Waals surface area contributed by atoms with Crippen LogP contribution in [-0.4, -0.2) is 53.7 Å². The van der Waals surface area contributed by atoms with Gasteiger partial charge >= 0.3 is 17.9 Å². The molecule has 8 heteroatoms. The highest BCUT2D eigenvalue weighted by molar-refractivity contribution is 5.93. The summed E-state index contributed by atoms with van der Waals surface area (Å²) in [6.45, 7) is 15.6. The van der Waals surface area contributed by atoms with Gasteiger partial charge in [-0.25, -0.2) is 0 Å². The summed E-state index contributed by atoms with van der Waals surface area (Å²) < 4.78 is 16.1. The van der Waals surface area contributed by atoms with Gasteiger partial charge in [0.1, 0.15) is 12.7 Å². The summed E-state index contributed by atoms with van der Waals surface area (Å²) in [6.07, 6.45) is 0.591. The van der Waals surface area contributed by atoms with Crippen molar-refractivity contribution >= 4 is 23.7 Å². The molecule has 0 aromatic carbocycles. The zero-order valence-corrected chi connectivity index (χ0v) is 21.3. The number of carbonyl (C=O) groups excluding carboxylic acids is 4. The number of carbonyl (C=O) groups is 4. The lowest BCUT2D eigenvalue weighted by Crippen LogP contribution is -2.62. The Balaban J connectivity index is 2.52. The number of ether oxygens (including phenoxy) is 3. The molecule has 0 radical (unpaired) electrons. The number of aliphatic hydroxyl groups is 1. The molecule has 190 valence electrons. The standard InChI is InChI=1S/C26H38O8/c1-14(10-12-32-16(3)27)20(33-17(4)28)13-19-15(2)23(34-18(5)29)22(31)24-25(6,7)21(30)9-11-26(19,24)8/h10,19-21,23-24,30H,2,9,11-13H2,1,3-8H3. The maximum Gasteiger partial charge on any atom is 0.303 e. The van der Waals surface area contributed by atoms with Gasteiger partial charge in [-0.05, 0) is 54.7 Å². The number of Topliss-reactive ketones (excluding diaryl/α,β-unsaturated/α-hetero) is 1. The fourth-order valence-corrected chi connectivity index (χ4v) is 5.90. The van der Waals surface area contributed by atoms with Crippen LogP contribution in [0.25, 0.3) is 0 Å². The molecule has 0 heterocycles. The Morgan fingerprint density at radius 2 is 1.74 bits per heavy atom. The summed E-state index contributed by atoms with van der Waals surface area (Å²) in [6, 6.07) is 0. The number of hydrogen-bond donors (Lipinski definition) is 1. The molecule has 34 heavy (non-hydrogen) atoms. The van der Waals surface area contributed by atoms with Crippen molar-refractivity contribution in [2.75, 3.05) is 6.61 Å². The third-order valence-corrected chi connectivity index (χ3v) is 7.58. The summed E-state index contributed by atoms with van der Waals surface area (Å²) in [5, 5.41) is 10.8. The minimum Gasteiger partial charge on any atom is -0.462 e. The first-order valence-electron chi connectivity index (χ1n) is 11.7. The quantitative estimate of drug-likeness (QED) is 0.337. The Morgan fingerprint density at radius 1 is 1.12 bits per heavy atom. The lowest BCUT2D eigenvalue weighted by atomic mass is 9.45. The second kappa shape index (κ2) is 10.4. The molecule has 8 nitrogen and oxygen atoms in total. The first-order chi connectivity index (χ1) is 15.6. The Kier molecular flexibility index (Phi) is 8.51. The van der Waals surface area contributed by atoms with Crippen LogP contribution in [0.1, 0.15) is 67.7 Å². The summed E-state index contributed by atoms with van der Waals surface area (Å²) >= 11 is 0. The van der Waals surface area contributed by atoms with Crippen molar-refractivity contribution in [3.8, 4) is 0 Å². The van der Waals surface area contributed by atoms with Crippen molar-refractivity contribution in [1.82, 2.24) is 0 Å². The molecular weight excluding hydrogens is 440 g/mol. The third kappa shape index (κ3) is 5.59. The number of esters is 3. The number of ketones is 1. The smallest absolute Gasteiger partial charge is 0.303 e. The predicted octanol–water partition coefficient (Wildman–Crippen LogP) is 3.31. The Hall–Kier alpha value is -2.48. The second-order valence-electron chi connectivity index (χ2n) is 10.4. The average Bonchev–Trinajstić information content (AvgIpc) is 2.69. The van der Waals surface area contributed by atoms with Crippen LogP contribution >= 0.6 is 0 Å². The van der Waals surface area contributed by atoms with Gasteiger partial charge in [-0.3, -0.25) is 19.2 Å². The van der Waals surface area contributed by atoms with Crippen LogP contribution in [-0.2, 0) is 33.4 Å². The first-order valence-corrected chi connectivity index (χ1v) is 11.7. The van der Waals surface area contributed by atoms with Crippen molar-refractivity contribution in [1.29, 1.82) is 0 Å². The van der Waals surface area contributed by atoms with Crippen molar-refractivity contribution in [3.05, 3.63) is 23.8 Å². The minimum absolute atomic E-state index is 0.0399. The van der Waals surface area contributed by atoms with Crippen LogP contribution in [0, 0.1) is 22.7 Å². The second-order valence-corrected chi connectivity index (χ2v) is 10.4. The minimum atomic E-state index is -1.13. The van der Waals surface area contributed by atoms with Gasteiger partial charge < -0.3 is 19.3 Å². The highest BCUT2D eigenvalue weighted by atomic mass is 16.6. The van der Waals surface area contributed by atoms with E-state index in [0.717, 1.165) is 0 Å². The lowest BCUT2D eigenvalue weighted by Gasteiger charge is -2.59. The van der Waals surface area contributed by atoms with Gasteiger partial charge in [0.2, 0.25) is 0 Å². The third-order valence-electron chi connectivity index (χ3n) is 7.58. The first kappa shape index (κ1) is 27.8. The fraction of sp³-hybridized carbons (Fsp3) is 0.692. The van der Waals surface area contributed by atoms with Gasteiger partial charge in [-0.2, -0.15) is 0 Å². The summed E-state index contributed by atoms with van der Waals surface area (Å²) in [4.78, 5) is 48.5. The van der Waals surface area contributed by atoms with E-state index < -0.39 is 53.0 Å². The molecule has 6 unspecified atom stereocenters. The number of aliphatic hydroxyl groups excluding tert-OH is 1. The SMILES string of the molecule is C=C1C(OC(C)=O)C(=O)C2C(C)(C)C(O)CCC2(C)C1CC(OC(C)=O)C(C)=CCOC(C)=O. The number of hydrogen-bond acceptors (Lipinski definition) is 8. The highest BCUT2D eigenvalue weighted by Crippen LogP contribution is 2.61. The normalized spacial score (nSPS) is 31.8. The summed E-state index contributed by atoms with van der Waals surface area (Å²) in [7, 11) is 0. The Bertz CT molecular complexity index is 885. The summed E-state index contributed by atoms with van der Waals surface area (Å²) in [5.74, 6) is -2.67. The van der Waals surface area contributed by atoms with E-state index >= 15 is 0 Å². The van der Waals surface area contributed by atoms with Crippen molar-refractivity contribution in [3.63, 3.8) is 0 Å². The van der Waals surface area contributed by atoms with Crippen molar-refractivity contribution < 1.29 is 38.5 Å². The topological polar surface area (TPSA) is 116 Å². The molecule has 2 fully saturated rings. The van der Waals surface area contributed by atoms with Gasteiger partial charge in [-0.1, -0.05) is 27.4 Å². The van der Waals surface area contributed by atoms with Crippen molar-refractivity contribution in [2.24, 2.45) is 22.7 Å². The molecule has 0 aliphatic heterocycles. The maximum atomic E-state index is 13.6.